The third-order valence-corrected chi connectivity index (χ3v) is 3.26. The Labute approximate surface area is 106 Å². The molecule has 0 unspecified atom stereocenters. The average Bonchev–Trinajstić information content (AvgIpc) is 2.35. The molecule has 0 aromatic heterocycles. The first kappa shape index (κ1) is 11.5. The smallest absolute Gasteiger partial charge is 0.205 e. The maximum Gasteiger partial charge on any atom is 0.205 e. The van der Waals surface area contributed by atoms with Gasteiger partial charge in [0.2, 0.25) is 5.79 Å². The van der Waals surface area contributed by atoms with Crippen LogP contribution < -0.4 is 4.74 Å². The van der Waals surface area contributed by atoms with Gasteiger partial charge in [-0.15, -0.1) is 0 Å². The number of fused-ring (bicyclic) bond motifs is 2. The summed E-state index contributed by atoms with van der Waals surface area (Å²) in [5.41, 5.74) is 1.84. The molecule has 18 heavy (non-hydrogen) atoms. The molecule has 0 spiro atoms. The van der Waals surface area contributed by atoms with E-state index in [0.29, 0.717) is 6.61 Å². The summed E-state index contributed by atoms with van der Waals surface area (Å²) in [6, 6.07) is 10.1. The van der Waals surface area contributed by atoms with Gasteiger partial charge in [-0.3, -0.25) is 0 Å². The highest BCUT2D eigenvalue weighted by molar-refractivity contribution is 5.89. The van der Waals surface area contributed by atoms with Gasteiger partial charge in [0.05, 0.1) is 13.2 Å². The van der Waals surface area contributed by atoms with E-state index in [4.69, 9.17) is 9.47 Å². The third-order valence-electron chi connectivity index (χ3n) is 3.26. The number of hydrogen-bond donors (Lipinski definition) is 1. The molecule has 0 saturated heterocycles. The predicted octanol–water partition coefficient (Wildman–Crippen LogP) is 2.98. The Hall–Kier alpha value is -1.58. The van der Waals surface area contributed by atoms with Crippen molar-refractivity contribution in [1.29, 1.82) is 0 Å². The van der Waals surface area contributed by atoms with Crippen molar-refractivity contribution >= 4 is 10.8 Å². The van der Waals surface area contributed by atoms with Crippen LogP contribution in [0.3, 0.4) is 0 Å². The topological polar surface area (TPSA) is 38.7 Å². The highest BCUT2D eigenvalue weighted by atomic mass is 16.7. The lowest BCUT2D eigenvalue weighted by molar-refractivity contribution is -0.180. The van der Waals surface area contributed by atoms with Crippen molar-refractivity contribution in [2.75, 3.05) is 0 Å². The van der Waals surface area contributed by atoms with E-state index in [2.05, 4.69) is 6.07 Å². The molecule has 3 nitrogen and oxygen atoms in total. The van der Waals surface area contributed by atoms with Crippen LogP contribution >= 0.6 is 0 Å². The zero-order valence-electron chi connectivity index (χ0n) is 10.6. The summed E-state index contributed by atoms with van der Waals surface area (Å²) in [5.74, 6) is 0.131. The van der Waals surface area contributed by atoms with Crippen molar-refractivity contribution in [2.45, 2.75) is 32.8 Å². The lowest BCUT2D eigenvalue weighted by Gasteiger charge is -2.34. The molecule has 1 aliphatic rings. The minimum Gasteiger partial charge on any atom is -0.462 e. The van der Waals surface area contributed by atoms with Gasteiger partial charge in [-0.2, -0.15) is 0 Å². The minimum atomic E-state index is -0.640. The first-order valence-corrected chi connectivity index (χ1v) is 6.08. The summed E-state index contributed by atoms with van der Waals surface area (Å²) < 4.78 is 11.5. The summed E-state index contributed by atoms with van der Waals surface area (Å²) in [6.45, 7) is 4.25. The maximum atomic E-state index is 9.64. The summed E-state index contributed by atoms with van der Waals surface area (Å²) in [7, 11) is 0. The van der Waals surface area contributed by atoms with Crippen molar-refractivity contribution in [2.24, 2.45) is 0 Å². The molecule has 3 rings (SSSR count). The van der Waals surface area contributed by atoms with E-state index in [1.807, 2.05) is 38.1 Å². The SMILES string of the molecule is CC1(C)OCc2cc3ccccc3c(CO)c2O1. The van der Waals surface area contributed by atoms with Crippen LogP contribution in [0.25, 0.3) is 10.8 Å². The Kier molecular flexibility index (Phi) is 2.54. The van der Waals surface area contributed by atoms with Gasteiger partial charge >= 0.3 is 0 Å². The van der Waals surface area contributed by atoms with E-state index in [-0.39, 0.29) is 6.61 Å². The Morgan fingerprint density at radius 2 is 2.06 bits per heavy atom. The summed E-state index contributed by atoms with van der Waals surface area (Å²) in [4.78, 5) is 0. The molecule has 0 bridgehead atoms. The molecule has 1 heterocycles. The van der Waals surface area contributed by atoms with Crippen LogP contribution in [0.5, 0.6) is 5.75 Å². The Morgan fingerprint density at radius 3 is 2.83 bits per heavy atom. The molecule has 0 fully saturated rings. The Bertz CT molecular complexity index is 602. The molecular weight excluding hydrogens is 228 g/mol. The van der Waals surface area contributed by atoms with E-state index >= 15 is 0 Å². The highest BCUT2D eigenvalue weighted by Crippen LogP contribution is 2.38. The third kappa shape index (κ3) is 1.76. The maximum absolute atomic E-state index is 9.64. The number of hydrogen-bond acceptors (Lipinski definition) is 3. The van der Waals surface area contributed by atoms with E-state index in [9.17, 15) is 5.11 Å². The van der Waals surface area contributed by atoms with Crippen LogP contribution in [-0.2, 0) is 18.0 Å². The second-order valence-electron chi connectivity index (χ2n) is 5.01. The largest absolute Gasteiger partial charge is 0.462 e. The summed E-state index contributed by atoms with van der Waals surface area (Å²) in [6.07, 6.45) is 0. The molecule has 1 aliphatic heterocycles. The highest BCUT2D eigenvalue weighted by Gasteiger charge is 2.29. The molecule has 0 saturated carbocycles. The van der Waals surface area contributed by atoms with Crippen LogP contribution in [0.15, 0.2) is 30.3 Å². The fraction of sp³-hybridized carbons (Fsp3) is 0.333. The minimum absolute atomic E-state index is 0.0280. The van der Waals surface area contributed by atoms with Crippen LogP contribution in [0.2, 0.25) is 0 Å². The van der Waals surface area contributed by atoms with Gasteiger partial charge in [-0.1, -0.05) is 24.3 Å². The van der Waals surface area contributed by atoms with Crippen molar-refractivity contribution in [1.82, 2.24) is 0 Å². The van der Waals surface area contributed by atoms with Crippen LogP contribution in [-0.4, -0.2) is 10.9 Å². The first-order chi connectivity index (χ1) is 8.61. The molecule has 2 aromatic rings. The fourth-order valence-electron chi connectivity index (χ4n) is 2.39. The molecule has 0 amide bonds. The van der Waals surface area contributed by atoms with Crippen molar-refractivity contribution in [3.05, 3.63) is 41.5 Å². The van der Waals surface area contributed by atoms with Gasteiger partial charge in [-0.25, -0.2) is 0 Å². The second kappa shape index (κ2) is 3.97. The standard InChI is InChI=1S/C15H16O3/c1-15(2)17-9-11-7-10-5-3-4-6-12(10)13(8-16)14(11)18-15/h3-7,16H,8-9H2,1-2H3. The lowest BCUT2D eigenvalue weighted by atomic mass is 9.99. The second-order valence-corrected chi connectivity index (χ2v) is 5.01. The van der Waals surface area contributed by atoms with Gasteiger partial charge < -0.3 is 14.6 Å². The number of rotatable bonds is 1. The van der Waals surface area contributed by atoms with Gasteiger partial charge in [0.15, 0.2) is 0 Å². The van der Waals surface area contributed by atoms with Gasteiger partial charge in [0.1, 0.15) is 5.75 Å². The van der Waals surface area contributed by atoms with Gasteiger partial charge in [0, 0.05) is 25.0 Å². The predicted molar refractivity (Wildman–Crippen MR) is 69.4 cm³/mol. The van der Waals surface area contributed by atoms with Gasteiger partial charge in [0.25, 0.3) is 0 Å². The fourth-order valence-corrected chi connectivity index (χ4v) is 2.39. The molecular formula is C15H16O3. The quantitative estimate of drug-likeness (QED) is 0.838. The average molecular weight is 244 g/mol. The normalized spacial score (nSPS) is 17.3. The monoisotopic (exact) mass is 244 g/mol. The lowest BCUT2D eigenvalue weighted by Crippen LogP contribution is -2.35. The van der Waals surface area contributed by atoms with Crippen LogP contribution in [0, 0.1) is 0 Å². The summed E-state index contributed by atoms with van der Waals surface area (Å²) >= 11 is 0. The van der Waals surface area contributed by atoms with E-state index in [1.54, 1.807) is 0 Å². The van der Waals surface area contributed by atoms with Crippen LogP contribution in [0.1, 0.15) is 25.0 Å². The number of benzene rings is 2. The molecule has 0 atom stereocenters. The van der Waals surface area contributed by atoms with E-state index < -0.39 is 5.79 Å². The van der Waals surface area contributed by atoms with Crippen LogP contribution in [0.4, 0.5) is 0 Å². The zero-order chi connectivity index (χ0) is 12.8. The Morgan fingerprint density at radius 1 is 1.28 bits per heavy atom. The van der Waals surface area contributed by atoms with Gasteiger partial charge in [-0.05, 0) is 16.8 Å². The zero-order valence-corrected chi connectivity index (χ0v) is 10.6. The Balaban J connectivity index is 2.28. The summed E-state index contributed by atoms with van der Waals surface area (Å²) in [5, 5.41) is 11.8. The number of aliphatic hydroxyl groups excluding tert-OH is 1. The van der Waals surface area contributed by atoms with Crippen molar-refractivity contribution in [3.63, 3.8) is 0 Å². The van der Waals surface area contributed by atoms with Crippen molar-refractivity contribution < 1.29 is 14.6 Å². The van der Waals surface area contributed by atoms with E-state index in [1.165, 1.54) is 0 Å². The molecule has 0 radical (unpaired) electrons. The molecule has 3 heteroatoms. The van der Waals surface area contributed by atoms with Crippen molar-refractivity contribution in [3.8, 4) is 5.75 Å². The molecule has 2 aromatic carbocycles. The molecule has 1 N–H and O–H groups in total. The van der Waals surface area contributed by atoms with E-state index in [0.717, 1.165) is 27.6 Å². The first-order valence-electron chi connectivity index (χ1n) is 6.08. The molecule has 94 valence electrons. The number of ether oxygens (including phenoxy) is 2. The molecule has 0 aliphatic carbocycles. The number of aliphatic hydroxyl groups is 1.